The quantitative estimate of drug-likeness (QED) is 0.292. The largest absolute Gasteiger partial charge is 0.478 e. The molecule has 2 aromatic carbocycles. The highest BCUT2D eigenvalue weighted by Crippen LogP contribution is 2.50. The zero-order valence-electron chi connectivity index (χ0n) is 19.4. The van der Waals surface area contributed by atoms with E-state index in [2.05, 4.69) is 27.3 Å². The number of rotatable bonds is 4. The summed E-state index contributed by atoms with van der Waals surface area (Å²) < 4.78 is 2.65. The Morgan fingerprint density at radius 1 is 1.11 bits per heavy atom. The maximum atomic E-state index is 13.7. The van der Waals surface area contributed by atoms with Gasteiger partial charge in [-0.3, -0.25) is 4.79 Å². The maximum Gasteiger partial charge on any atom is 0.337 e. The Bertz CT molecular complexity index is 1540. The summed E-state index contributed by atoms with van der Waals surface area (Å²) in [6.45, 7) is 1.92. The van der Waals surface area contributed by atoms with Gasteiger partial charge in [0.25, 0.3) is 0 Å². The normalized spacial score (nSPS) is 19.0. The van der Waals surface area contributed by atoms with E-state index in [1.54, 1.807) is 34.2 Å². The number of aromatic nitrogens is 2. The lowest BCUT2D eigenvalue weighted by Gasteiger charge is -2.35. The fraction of sp³-hybridized carbons (Fsp3) is 0.179. The molecule has 180 valence electrons. The van der Waals surface area contributed by atoms with Crippen molar-refractivity contribution in [2.45, 2.75) is 31.6 Å². The average Bonchev–Trinajstić information content (AvgIpc) is 3.52. The fourth-order valence-electron chi connectivity index (χ4n) is 5.40. The van der Waals surface area contributed by atoms with E-state index in [-0.39, 0.29) is 23.2 Å². The molecular formula is C28H22BrN3O3S. The van der Waals surface area contributed by atoms with Crippen LogP contribution in [0, 0.1) is 6.92 Å². The third kappa shape index (κ3) is 3.72. The number of hydrogen-bond acceptors (Lipinski definition) is 5. The molecule has 2 N–H and O–H groups in total. The molecule has 36 heavy (non-hydrogen) atoms. The zero-order valence-corrected chi connectivity index (χ0v) is 21.8. The summed E-state index contributed by atoms with van der Waals surface area (Å²) in [5, 5.41) is 20.2. The van der Waals surface area contributed by atoms with Gasteiger partial charge >= 0.3 is 5.97 Å². The van der Waals surface area contributed by atoms with Crippen LogP contribution in [-0.2, 0) is 4.79 Å². The van der Waals surface area contributed by atoms with Crippen LogP contribution in [-0.4, -0.2) is 26.6 Å². The standard InChI is InChI=1S/C28H22BrN3O3S/c1-15-24-25(16-8-10-18(29)11-9-16)26-20(13-17(14-22(26)33)23-7-4-12-36-23)30-27(24)32(31-15)21-6-3-2-5-19(21)28(34)35/h2-12,17,25,30H,13-14H2,1H3,(H,34,35). The molecule has 0 amide bonds. The second-order valence-electron chi connectivity index (χ2n) is 9.13. The van der Waals surface area contributed by atoms with Crippen molar-refractivity contribution in [1.29, 1.82) is 0 Å². The van der Waals surface area contributed by atoms with Crippen LogP contribution < -0.4 is 5.32 Å². The van der Waals surface area contributed by atoms with Gasteiger partial charge in [0.15, 0.2) is 5.78 Å². The van der Waals surface area contributed by atoms with Gasteiger partial charge in [-0.2, -0.15) is 5.10 Å². The summed E-state index contributed by atoms with van der Waals surface area (Å²) in [6.07, 6.45) is 1.18. The predicted octanol–water partition coefficient (Wildman–Crippen LogP) is 6.66. The van der Waals surface area contributed by atoms with E-state index in [1.165, 1.54) is 4.88 Å². The molecular weight excluding hydrogens is 538 g/mol. The smallest absolute Gasteiger partial charge is 0.337 e. The number of thiophene rings is 1. The monoisotopic (exact) mass is 559 g/mol. The molecule has 1 aliphatic heterocycles. The van der Waals surface area contributed by atoms with Crippen LogP contribution in [0.3, 0.4) is 0 Å². The highest BCUT2D eigenvalue weighted by atomic mass is 79.9. The molecule has 6 nitrogen and oxygen atoms in total. The van der Waals surface area contributed by atoms with Crippen LogP contribution >= 0.6 is 27.3 Å². The van der Waals surface area contributed by atoms with Gasteiger partial charge in [-0.1, -0.05) is 46.3 Å². The van der Waals surface area contributed by atoms with E-state index in [9.17, 15) is 14.7 Å². The number of benzene rings is 2. The number of carboxylic acid groups (broad SMARTS) is 1. The minimum atomic E-state index is -1.02. The lowest BCUT2D eigenvalue weighted by Crippen LogP contribution is -2.30. The molecule has 0 spiro atoms. The molecule has 0 saturated carbocycles. The van der Waals surface area contributed by atoms with Crippen molar-refractivity contribution >= 4 is 44.8 Å². The van der Waals surface area contributed by atoms with Crippen molar-refractivity contribution in [3.05, 3.63) is 109 Å². The third-order valence-corrected chi connectivity index (χ3v) is 8.54. The summed E-state index contributed by atoms with van der Waals surface area (Å²) in [6, 6.07) is 19.0. The van der Waals surface area contributed by atoms with Crippen molar-refractivity contribution in [2.24, 2.45) is 0 Å². The van der Waals surface area contributed by atoms with Crippen LogP contribution in [0.25, 0.3) is 5.69 Å². The number of nitrogens with zero attached hydrogens (tertiary/aromatic N) is 2. The number of allylic oxidation sites excluding steroid dienone is 2. The number of aromatic carboxylic acids is 1. The van der Waals surface area contributed by atoms with E-state index >= 15 is 0 Å². The highest BCUT2D eigenvalue weighted by Gasteiger charge is 2.41. The molecule has 1 aliphatic carbocycles. The van der Waals surface area contributed by atoms with Crippen molar-refractivity contribution in [3.8, 4) is 5.69 Å². The van der Waals surface area contributed by atoms with E-state index in [0.29, 0.717) is 24.3 Å². The number of fused-ring (bicyclic) bond motifs is 1. The molecule has 2 atom stereocenters. The number of Topliss-reactive ketones (excluding diaryl/α,β-unsaturated/α-hetero) is 1. The molecule has 0 fully saturated rings. The van der Waals surface area contributed by atoms with Gasteiger partial charge in [0, 0.05) is 44.4 Å². The number of para-hydroxylation sites is 1. The second kappa shape index (κ2) is 8.87. The first-order valence-electron chi connectivity index (χ1n) is 11.7. The number of carbonyl (C=O) groups excluding carboxylic acids is 1. The first-order valence-corrected chi connectivity index (χ1v) is 13.3. The molecule has 0 radical (unpaired) electrons. The van der Waals surface area contributed by atoms with Crippen molar-refractivity contribution in [1.82, 2.24) is 9.78 Å². The number of carboxylic acids is 1. The predicted molar refractivity (Wildman–Crippen MR) is 143 cm³/mol. The molecule has 6 rings (SSSR count). The Labute approximate surface area is 220 Å². The number of ketones is 1. The Kier molecular flexibility index (Phi) is 5.65. The van der Waals surface area contributed by atoms with Crippen molar-refractivity contribution < 1.29 is 14.7 Å². The molecule has 3 heterocycles. The molecule has 0 saturated heterocycles. The lowest BCUT2D eigenvalue weighted by atomic mass is 9.73. The van der Waals surface area contributed by atoms with Gasteiger partial charge < -0.3 is 10.4 Å². The van der Waals surface area contributed by atoms with E-state index in [1.807, 2.05) is 48.7 Å². The Hall–Kier alpha value is -3.49. The number of nitrogens with one attached hydrogen (secondary N) is 1. The number of carbonyl (C=O) groups is 2. The van der Waals surface area contributed by atoms with Gasteiger partial charge in [-0.25, -0.2) is 9.48 Å². The zero-order chi connectivity index (χ0) is 25.0. The number of anilines is 1. The van der Waals surface area contributed by atoms with E-state index < -0.39 is 5.97 Å². The number of hydrogen-bond donors (Lipinski definition) is 2. The average molecular weight is 560 g/mol. The Morgan fingerprint density at radius 3 is 2.61 bits per heavy atom. The Balaban J connectivity index is 1.56. The minimum Gasteiger partial charge on any atom is -0.478 e. The molecule has 2 unspecified atom stereocenters. The molecule has 4 aromatic rings. The highest BCUT2D eigenvalue weighted by molar-refractivity contribution is 9.10. The summed E-state index contributed by atoms with van der Waals surface area (Å²) in [4.78, 5) is 26.9. The number of halogens is 1. The first kappa shape index (κ1) is 22.9. The fourth-order valence-corrected chi connectivity index (χ4v) is 6.50. The number of aryl methyl sites for hydroxylation is 1. The molecule has 2 aliphatic rings. The van der Waals surface area contributed by atoms with Gasteiger partial charge in [0.2, 0.25) is 0 Å². The van der Waals surface area contributed by atoms with Crippen LogP contribution in [0.4, 0.5) is 5.82 Å². The van der Waals surface area contributed by atoms with Crippen LogP contribution in [0.15, 0.2) is 81.8 Å². The van der Waals surface area contributed by atoms with Gasteiger partial charge in [0.05, 0.1) is 16.9 Å². The maximum absolute atomic E-state index is 13.7. The Morgan fingerprint density at radius 2 is 1.89 bits per heavy atom. The van der Waals surface area contributed by atoms with Crippen LogP contribution in [0.2, 0.25) is 0 Å². The van der Waals surface area contributed by atoms with Gasteiger partial charge in [-0.05, 0) is 54.6 Å². The topological polar surface area (TPSA) is 84.2 Å². The second-order valence-corrected chi connectivity index (χ2v) is 11.0. The minimum absolute atomic E-state index is 0.111. The van der Waals surface area contributed by atoms with Crippen molar-refractivity contribution in [3.63, 3.8) is 0 Å². The summed E-state index contributed by atoms with van der Waals surface area (Å²) >= 11 is 5.19. The molecule has 2 aromatic heterocycles. The lowest BCUT2D eigenvalue weighted by molar-refractivity contribution is -0.116. The summed E-state index contributed by atoms with van der Waals surface area (Å²) in [5.41, 5.74) is 4.99. The summed E-state index contributed by atoms with van der Waals surface area (Å²) in [7, 11) is 0. The van der Waals surface area contributed by atoms with E-state index in [4.69, 9.17) is 5.10 Å². The molecule has 0 bridgehead atoms. The molecule has 8 heteroatoms. The van der Waals surface area contributed by atoms with Crippen molar-refractivity contribution in [2.75, 3.05) is 5.32 Å². The van der Waals surface area contributed by atoms with Crippen LogP contribution in [0.5, 0.6) is 0 Å². The van der Waals surface area contributed by atoms with Gasteiger partial charge in [0.1, 0.15) is 5.82 Å². The van der Waals surface area contributed by atoms with Crippen LogP contribution in [0.1, 0.15) is 56.7 Å². The first-order chi connectivity index (χ1) is 17.4. The van der Waals surface area contributed by atoms with E-state index in [0.717, 1.165) is 32.6 Å². The van der Waals surface area contributed by atoms with Gasteiger partial charge in [-0.15, -0.1) is 11.3 Å². The SMILES string of the molecule is Cc1nn(-c2ccccc2C(=O)O)c2c1C(c1ccc(Br)cc1)C1=C(CC(c3cccs3)CC1=O)N2. The third-order valence-electron chi connectivity index (χ3n) is 6.97. The summed E-state index contributed by atoms with van der Waals surface area (Å²) in [5.74, 6) is -0.337.